The van der Waals surface area contributed by atoms with E-state index >= 15 is 0 Å². The van der Waals surface area contributed by atoms with Crippen LogP contribution in [0.15, 0.2) is 18.2 Å². The van der Waals surface area contributed by atoms with Gasteiger partial charge in [-0.2, -0.15) is 0 Å². The summed E-state index contributed by atoms with van der Waals surface area (Å²) in [6, 6.07) is 5.46. The third-order valence-corrected chi connectivity index (χ3v) is 4.12. The number of benzene rings is 1. The van der Waals surface area contributed by atoms with Gasteiger partial charge in [0, 0.05) is 5.02 Å². The summed E-state index contributed by atoms with van der Waals surface area (Å²) in [5.41, 5.74) is 0.854. The Bertz CT molecular complexity index is 444. The van der Waals surface area contributed by atoms with Crippen LogP contribution in [0.4, 0.5) is 0 Å². The number of aliphatic hydroxyl groups is 1. The molecule has 5 heteroatoms. The smallest absolute Gasteiger partial charge is 0.399 e. The quantitative estimate of drug-likeness (QED) is 0.835. The molecule has 1 aromatic carbocycles. The molecule has 2 rings (SSSR count). The maximum atomic E-state index is 9.09. The molecular formula is C13H18BClO3. The monoisotopic (exact) mass is 268 g/mol. The van der Waals surface area contributed by atoms with Crippen LogP contribution < -0.4 is 5.46 Å². The Morgan fingerprint density at radius 1 is 1.17 bits per heavy atom. The zero-order chi connectivity index (χ0) is 13.6. The maximum absolute atomic E-state index is 9.09. The van der Waals surface area contributed by atoms with Gasteiger partial charge in [0.05, 0.1) is 17.8 Å². The van der Waals surface area contributed by atoms with Crippen molar-refractivity contribution in [1.82, 2.24) is 0 Å². The lowest BCUT2D eigenvalue weighted by atomic mass is 9.79. The molecule has 1 aromatic rings. The van der Waals surface area contributed by atoms with Crippen molar-refractivity contribution in [2.45, 2.75) is 45.5 Å². The average molecular weight is 269 g/mol. The Balaban J connectivity index is 2.27. The van der Waals surface area contributed by atoms with Crippen molar-refractivity contribution in [2.24, 2.45) is 0 Å². The second kappa shape index (κ2) is 4.53. The molecule has 3 nitrogen and oxygen atoms in total. The van der Waals surface area contributed by atoms with E-state index in [9.17, 15) is 0 Å². The molecule has 0 aliphatic carbocycles. The van der Waals surface area contributed by atoms with Crippen LogP contribution in [0.3, 0.4) is 0 Å². The number of halogens is 1. The predicted octanol–water partition coefficient (Wildman–Crippen LogP) is 2.13. The van der Waals surface area contributed by atoms with E-state index in [-0.39, 0.29) is 17.8 Å². The van der Waals surface area contributed by atoms with Crippen molar-refractivity contribution in [3.8, 4) is 0 Å². The van der Waals surface area contributed by atoms with Gasteiger partial charge in [-0.15, -0.1) is 0 Å². The molecule has 98 valence electrons. The van der Waals surface area contributed by atoms with Crippen LogP contribution in [0.1, 0.15) is 33.3 Å². The Labute approximate surface area is 113 Å². The summed E-state index contributed by atoms with van der Waals surface area (Å²) in [6.07, 6.45) is 0. The number of hydrogen-bond donors (Lipinski definition) is 1. The third-order valence-electron chi connectivity index (χ3n) is 3.77. The van der Waals surface area contributed by atoms with E-state index < -0.39 is 7.12 Å². The highest BCUT2D eigenvalue weighted by molar-refractivity contribution is 6.62. The van der Waals surface area contributed by atoms with Crippen molar-refractivity contribution < 1.29 is 14.4 Å². The zero-order valence-electron chi connectivity index (χ0n) is 11.2. The molecule has 0 atom stereocenters. The van der Waals surface area contributed by atoms with Gasteiger partial charge < -0.3 is 14.4 Å². The van der Waals surface area contributed by atoms with Crippen molar-refractivity contribution in [3.63, 3.8) is 0 Å². The first-order chi connectivity index (χ1) is 8.27. The fraction of sp³-hybridized carbons (Fsp3) is 0.538. The minimum atomic E-state index is -0.416. The number of hydrogen-bond acceptors (Lipinski definition) is 3. The number of rotatable bonds is 2. The Morgan fingerprint density at radius 2 is 1.72 bits per heavy atom. The van der Waals surface area contributed by atoms with E-state index in [2.05, 4.69) is 0 Å². The van der Waals surface area contributed by atoms with E-state index in [0.29, 0.717) is 10.6 Å². The number of aliphatic hydroxyl groups excluding tert-OH is 1. The van der Waals surface area contributed by atoms with Gasteiger partial charge in [0.1, 0.15) is 0 Å². The first-order valence-electron chi connectivity index (χ1n) is 6.02. The summed E-state index contributed by atoms with van der Waals surface area (Å²) < 4.78 is 11.9. The minimum Gasteiger partial charge on any atom is -0.399 e. The van der Waals surface area contributed by atoms with Crippen LogP contribution >= 0.6 is 11.6 Å². The molecule has 0 spiro atoms. The average Bonchev–Trinajstić information content (AvgIpc) is 2.48. The van der Waals surface area contributed by atoms with E-state index in [0.717, 1.165) is 5.46 Å². The summed E-state index contributed by atoms with van der Waals surface area (Å²) in [5.74, 6) is 0. The molecular weight excluding hydrogens is 250 g/mol. The molecule has 0 bridgehead atoms. The maximum Gasteiger partial charge on any atom is 0.494 e. The van der Waals surface area contributed by atoms with Crippen molar-refractivity contribution in [3.05, 3.63) is 28.8 Å². The van der Waals surface area contributed by atoms with Crippen LogP contribution in [0, 0.1) is 0 Å². The SMILES string of the molecule is CC1(C)OB(c2ccc(CO)c(Cl)c2)OC1(C)C. The molecule has 18 heavy (non-hydrogen) atoms. The molecule has 1 fully saturated rings. The van der Waals surface area contributed by atoms with Gasteiger partial charge in [0.15, 0.2) is 0 Å². The molecule has 1 heterocycles. The van der Waals surface area contributed by atoms with Gasteiger partial charge in [-0.05, 0) is 44.8 Å². The second-order valence-electron chi connectivity index (χ2n) is 5.60. The van der Waals surface area contributed by atoms with Gasteiger partial charge in [0.2, 0.25) is 0 Å². The summed E-state index contributed by atoms with van der Waals surface area (Å²) in [4.78, 5) is 0. The standard InChI is InChI=1S/C13H18BClO3/c1-12(2)13(3,4)18-14(17-12)10-6-5-9(8-16)11(15)7-10/h5-7,16H,8H2,1-4H3. The molecule has 0 saturated carbocycles. The Morgan fingerprint density at radius 3 is 2.17 bits per heavy atom. The largest absolute Gasteiger partial charge is 0.494 e. The molecule has 0 radical (unpaired) electrons. The third kappa shape index (κ3) is 2.30. The highest BCUT2D eigenvalue weighted by atomic mass is 35.5. The fourth-order valence-corrected chi connectivity index (χ4v) is 2.07. The van der Waals surface area contributed by atoms with Crippen molar-refractivity contribution in [2.75, 3.05) is 0 Å². The molecule has 1 aliphatic heterocycles. The summed E-state index contributed by atoms with van der Waals surface area (Å²) in [6.45, 7) is 7.98. The highest BCUT2D eigenvalue weighted by Gasteiger charge is 2.51. The fourth-order valence-electron chi connectivity index (χ4n) is 1.82. The lowest BCUT2D eigenvalue weighted by Crippen LogP contribution is -2.41. The molecule has 1 saturated heterocycles. The van der Waals surface area contributed by atoms with Crippen molar-refractivity contribution >= 4 is 24.2 Å². The van der Waals surface area contributed by atoms with E-state index in [1.807, 2.05) is 33.8 Å². The topological polar surface area (TPSA) is 38.7 Å². The van der Waals surface area contributed by atoms with Crippen LogP contribution in [0.25, 0.3) is 0 Å². The van der Waals surface area contributed by atoms with Gasteiger partial charge in [0.25, 0.3) is 0 Å². The molecule has 1 N–H and O–H groups in total. The lowest BCUT2D eigenvalue weighted by molar-refractivity contribution is 0.00578. The Kier molecular flexibility index (Phi) is 3.49. The lowest BCUT2D eigenvalue weighted by Gasteiger charge is -2.32. The summed E-state index contributed by atoms with van der Waals surface area (Å²) >= 11 is 6.08. The van der Waals surface area contributed by atoms with Crippen LogP contribution in [-0.4, -0.2) is 23.4 Å². The first kappa shape index (κ1) is 13.9. The normalized spacial score (nSPS) is 21.3. The van der Waals surface area contributed by atoms with Gasteiger partial charge in [-0.25, -0.2) is 0 Å². The molecule has 0 aromatic heterocycles. The molecule has 1 aliphatic rings. The van der Waals surface area contributed by atoms with E-state index in [4.69, 9.17) is 26.0 Å². The van der Waals surface area contributed by atoms with E-state index in [1.165, 1.54) is 0 Å². The molecule has 0 amide bonds. The van der Waals surface area contributed by atoms with Gasteiger partial charge in [-0.3, -0.25) is 0 Å². The Hall–Kier alpha value is -0.545. The van der Waals surface area contributed by atoms with Crippen LogP contribution in [-0.2, 0) is 15.9 Å². The zero-order valence-corrected chi connectivity index (χ0v) is 11.9. The summed E-state index contributed by atoms with van der Waals surface area (Å²) in [5, 5.41) is 9.63. The van der Waals surface area contributed by atoms with Crippen LogP contribution in [0.2, 0.25) is 5.02 Å². The molecule has 0 unspecified atom stereocenters. The van der Waals surface area contributed by atoms with Crippen LogP contribution in [0.5, 0.6) is 0 Å². The second-order valence-corrected chi connectivity index (χ2v) is 6.00. The van der Waals surface area contributed by atoms with E-state index in [1.54, 1.807) is 12.1 Å². The highest BCUT2D eigenvalue weighted by Crippen LogP contribution is 2.36. The summed E-state index contributed by atoms with van der Waals surface area (Å²) in [7, 11) is -0.416. The van der Waals surface area contributed by atoms with Crippen molar-refractivity contribution in [1.29, 1.82) is 0 Å². The first-order valence-corrected chi connectivity index (χ1v) is 6.39. The van der Waals surface area contributed by atoms with Gasteiger partial charge in [-0.1, -0.05) is 23.7 Å². The van der Waals surface area contributed by atoms with Gasteiger partial charge >= 0.3 is 7.12 Å². The minimum absolute atomic E-state index is 0.0670. The predicted molar refractivity (Wildman–Crippen MR) is 73.1 cm³/mol.